The molecular formula is C15H32N4O. The topological polar surface area (TPSA) is 62.9 Å². The van der Waals surface area contributed by atoms with Gasteiger partial charge in [0.25, 0.3) is 0 Å². The monoisotopic (exact) mass is 284 g/mol. The largest absolute Gasteiger partial charge is 0.383 e. The van der Waals surface area contributed by atoms with Gasteiger partial charge in [0.2, 0.25) is 0 Å². The van der Waals surface area contributed by atoms with Crippen molar-refractivity contribution >= 4 is 5.96 Å². The summed E-state index contributed by atoms with van der Waals surface area (Å²) in [7, 11) is 1.69. The van der Waals surface area contributed by atoms with Crippen molar-refractivity contribution in [3.05, 3.63) is 0 Å². The van der Waals surface area contributed by atoms with Crippen LogP contribution in [0.2, 0.25) is 0 Å². The summed E-state index contributed by atoms with van der Waals surface area (Å²) in [6.07, 6.45) is 5.05. The molecule has 1 saturated heterocycles. The minimum Gasteiger partial charge on any atom is -0.383 e. The summed E-state index contributed by atoms with van der Waals surface area (Å²) in [5, 5.41) is 3.12. The molecular weight excluding hydrogens is 252 g/mol. The van der Waals surface area contributed by atoms with E-state index in [2.05, 4.69) is 22.1 Å². The summed E-state index contributed by atoms with van der Waals surface area (Å²) in [5.74, 6) is 1.39. The normalized spacial score (nSPS) is 22.8. The molecule has 0 aliphatic carbocycles. The fourth-order valence-electron chi connectivity index (χ4n) is 2.73. The molecule has 0 bridgehead atoms. The third-order valence-corrected chi connectivity index (χ3v) is 3.72. The Morgan fingerprint density at radius 2 is 2.30 bits per heavy atom. The van der Waals surface area contributed by atoms with Crippen molar-refractivity contribution < 1.29 is 4.74 Å². The van der Waals surface area contributed by atoms with Crippen LogP contribution in [-0.4, -0.2) is 56.8 Å². The molecule has 3 N–H and O–H groups in total. The molecule has 0 aromatic carbocycles. The van der Waals surface area contributed by atoms with Crippen LogP contribution in [0.5, 0.6) is 0 Å². The maximum atomic E-state index is 5.82. The van der Waals surface area contributed by atoms with E-state index in [1.165, 1.54) is 38.9 Å². The van der Waals surface area contributed by atoms with Crippen LogP contribution in [0.4, 0.5) is 0 Å². The molecule has 118 valence electrons. The van der Waals surface area contributed by atoms with Gasteiger partial charge >= 0.3 is 0 Å². The lowest BCUT2D eigenvalue weighted by Crippen LogP contribution is -2.40. The Bertz CT molecular complexity index is 283. The highest BCUT2D eigenvalue weighted by atomic mass is 16.5. The van der Waals surface area contributed by atoms with E-state index in [1.54, 1.807) is 7.11 Å². The minimum absolute atomic E-state index is 0.207. The maximum Gasteiger partial charge on any atom is 0.188 e. The molecule has 0 amide bonds. The second-order valence-corrected chi connectivity index (χ2v) is 6.02. The van der Waals surface area contributed by atoms with Gasteiger partial charge < -0.3 is 20.7 Å². The second-order valence-electron chi connectivity index (χ2n) is 6.02. The number of ether oxygens (including phenoxy) is 1. The third-order valence-electron chi connectivity index (χ3n) is 3.72. The van der Waals surface area contributed by atoms with Crippen LogP contribution in [0.3, 0.4) is 0 Å². The number of nitrogens with zero attached hydrogens (tertiary/aromatic N) is 2. The van der Waals surface area contributed by atoms with E-state index in [-0.39, 0.29) is 6.04 Å². The lowest BCUT2D eigenvalue weighted by molar-refractivity contribution is 0.179. The highest BCUT2D eigenvalue weighted by Crippen LogP contribution is 2.15. The van der Waals surface area contributed by atoms with Crippen LogP contribution in [-0.2, 0) is 4.74 Å². The lowest BCUT2D eigenvalue weighted by atomic mass is 10.0. The fraction of sp³-hybridized carbons (Fsp3) is 0.933. The third kappa shape index (κ3) is 7.70. The number of rotatable bonds is 8. The van der Waals surface area contributed by atoms with Crippen LogP contribution < -0.4 is 11.1 Å². The van der Waals surface area contributed by atoms with Gasteiger partial charge in [-0.15, -0.1) is 0 Å². The van der Waals surface area contributed by atoms with Crippen molar-refractivity contribution in [2.45, 2.75) is 45.6 Å². The van der Waals surface area contributed by atoms with Crippen LogP contribution in [0.15, 0.2) is 4.99 Å². The van der Waals surface area contributed by atoms with Crippen molar-refractivity contribution in [2.75, 3.05) is 39.9 Å². The number of aliphatic imine (C=N–C) groups is 1. The molecule has 0 spiro atoms. The highest BCUT2D eigenvalue weighted by Gasteiger charge is 2.15. The van der Waals surface area contributed by atoms with E-state index in [1.807, 2.05) is 6.92 Å². The van der Waals surface area contributed by atoms with Gasteiger partial charge in [-0.1, -0.05) is 6.92 Å². The molecule has 2 unspecified atom stereocenters. The summed E-state index contributed by atoms with van der Waals surface area (Å²) >= 11 is 0. The zero-order chi connectivity index (χ0) is 14.8. The van der Waals surface area contributed by atoms with Crippen molar-refractivity contribution in [1.82, 2.24) is 10.2 Å². The minimum atomic E-state index is 0.207. The van der Waals surface area contributed by atoms with Crippen molar-refractivity contribution in [1.29, 1.82) is 0 Å². The summed E-state index contributed by atoms with van der Waals surface area (Å²) < 4.78 is 5.04. The summed E-state index contributed by atoms with van der Waals surface area (Å²) in [5.41, 5.74) is 5.82. The Labute approximate surface area is 124 Å². The SMILES string of the molecule is COCC(C)NC(N)=NCCCCN1CCCC(C)C1. The van der Waals surface area contributed by atoms with E-state index in [9.17, 15) is 0 Å². The molecule has 0 saturated carbocycles. The number of hydrogen-bond acceptors (Lipinski definition) is 3. The Morgan fingerprint density at radius 3 is 3.00 bits per heavy atom. The Balaban J connectivity index is 2.05. The molecule has 0 aromatic rings. The van der Waals surface area contributed by atoms with Gasteiger partial charge in [0.1, 0.15) is 0 Å². The first-order valence-electron chi connectivity index (χ1n) is 7.89. The molecule has 0 aromatic heterocycles. The van der Waals surface area contributed by atoms with Gasteiger partial charge in [-0.05, 0) is 51.6 Å². The number of piperidine rings is 1. The number of unbranched alkanes of at least 4 members (excludes halogenated alkanes) is 1. The molecule has 1 heterocycles. The Hall–Kier alpha value is -0.810. The molecule has 5 heteroatoms. The molecule has 1 rings (SSSR count). The van der Waals surface area contributed by atoms with Gasteiger partial charge in [0, 0.05) is 26.2 Å². The summed E-state index contributed by atoms with van der Waals surface area (Å²) in [4.78, 5) is 6.94. The van der Waals surface area contributed by atoms with Crippen LogP contribution >= 0.6 is 0 Å². The first-order chi connectivity index (χ1) is 9.61. The van der Waals surface area contributed by atoms with Crippen molar-refractivity contribution in [2.24, 2.45) is 16.6 Å². The first kappa shape index (κ1) is 17.2. The Morgan fingerprint density at radius 1 is 1.50 bits per heavy atom. The van der Waals surface area contributed by atoms with Crippen molar-refractivity contribution in [3.8, 4) is 0 Å². The summed E-state index contributed by atoms with van der Waals surface area (Å²) in [6.45, 7) is 9.57. The molecule has 0 radical (unpaired) electrons. The lowest BCUT2D eigenvalue weighted by Gasteiger charge is -2.30. The smallest absolute Gasteiger partial charge is 0.188 e. The maximum absolute atomic E-state index is 5.82. The second kappa shape index (κ2) is 10.00. The highest BCUT2D eigenvalue weighted by molar-refractivity contribution is 5.78. The first-order valence-corrected chi connectivity index (χ1v) is 7.89. The molecule has 5 nitrogen and oxygen atoms in total. The summed E-state index contributed by atoms with van der Waals surface area (Å²) in [6, 6.07) is 0.207. The average Bonchev–Trinajstić information content (AvgIpc) is 2.38. The Kier molecular flexibility index (Phi) is 8.62. The number of likely N-dealkylation sites (tertiary alicyclic amines) is 1. The van der Waals surface area contributed by atoms with Gasteiger partial charge in [0.05, 0.1) is 6.61 Å². The zero-order valence-electron chi connectivity index (χ0n) is 13.4. The fourth-order valence-corrected chi connectivity index (χ4v) is 2.73. The number of nitrogens with one attached hydrogen (secondary N) is 1. The number of guanidine groups is 1. The van der Waals surface area contributed by atoms with E-state index in [0.29, 0.717) is 12.6 Å². The zero-order valence-corrected chi connectivity index (χ0v) is 13.4. The average molecular weight is 284 g/mol. The van der Waals surface area contributed by atoms with Crippen LogP contribution in [0, 0.1) is 5.92 Å². The van der Waals surface area contributed by atoms with Gasteiger partial charge in [0.15, 0.2) is 5.96 Å². The molecule has 1 fully saturated rings. The van der Waals surface area contributed by atoms with E-state index in [4.69, 9.17) is 10.5 Å². The van der Waals surface area contributed by atoms with Crippen LogP contribution in [0.25, 0.3) is 0 Å². The predicted octanol–water partition coefficient (Wildman–Crippen LogP) is 1.44. The molecule has 2 atom stereocenters. The van der Waals surface area contributed by atoms with Gasteiger partial charge in [-0.25, -0.2) is 0 Å². The van der Waals surface area contributed by atoms with Gasteiger partial charge in [-0.3, -0.25) is 4.99 Å². The molecule has 1 aliphatic rings. The predicted molar refractivity (Wildman–Crippen MR) is 85.0 cm³/mol. The van der Waals surface area contributed by atoms with Gasteiger partial charge in [-0.2, -0.15) is 0 Å². The van der Waals surface area contributed by atoms with E-state index in [0.717, 1.165) is 18.9 Å². The van der Waals surface area contributed by atoms with Crippen molar-refractivity contribution in [3.63, 3.8) is 0 Å². The standard InChI is InChI=1S/C15H32N4O/c1-13-7-6-10-19(11-13)9-5-4-8-17-15(16)18-14(2)12-20-3/h13-14H,4-12H2,1-3H3,(H3,16,17,18). The van der Waals surface area contributed by atoms with Crippen LogP contribution in [0.1, 0.15) is 39.5 Å². The number of nitrogens with two attached hydrogens (primary N) is 1. The van der Waals surface area contributed by atoms with E-state index < -0.39 is 0 Å². The van der Waals surface area contributed by atoms with E-state index >= 15 is 0 Å². The molecule has 20 heavy (non-hydrogen) atoms. The number of methoxy groups -OCH3 is 1. The quantitative estimate of drug-likeness (QED) is 0.402. The number of hydrogen-bond donors (Lipinski definition) is 2. The molecule has 1 aliphatic heterocycles.